The number of hydrogen-bond acceptors (Lipinski definition) is 3. The monoisotopic (exact) mass is 276 g/mol. The first-order chi connectivity index (χ1) is 9.19. The fourth-order valence-electron chi connectivity index (χ4n) is 2.07. The molecule has 104 valence electrons. The van der Waals surface area contributed by atoms with Crippen LogP contribution in [0.1, 0.15) is 39.2 Å². The number of benzene rings is 1. The third kappa shape index (κ3) is 4.27. The Balaban J connectivity index is 1.87. The summed E-state index contributed by atoms with van der Waals surface area (Å²) >= 11 is 1.87. The minimum atomic E-state index is 0.631. The molecule has 1 aromatic carbocycles. The molecule has 1 heterocycles. The van der Waals surface area contributed by atoms with Gasteiger partial charge in [-0.2, -0.15) is 0 Å². The highest BCUT2D eigenvalue weighted by molar-refractivity contribution is 8.15. The third-order valence-electron chi connectivity index (χ3n) is 3.45. The molecule has 1 aliphatic heterocycles. The number of hydrogen-bond donors (Lipinski definition) is 1. The highest BCUT2D eigenvalue weighted by atomic mass is 32.2. The van der Waals surface area contributed by atoms with Crippen molar-refractivity contribution in [3.8, 4) is 0 Å². The van der Waals surface area contributed by atoms with E-state index in [1.54, 1.807) is 0 Å². The SMILES string of the molecule is CCCCc1ccc(NC2=NCC(C(C)C)S2)cc1. The lowest BCUT2D eigenvalue weighted by atomic mass is 10.1. The van der Waals surface area contributed by atoms with Gasteiger partial charge in [-0.3, -0.25) is 4.99 Å². The molecule has 0 fully saturated rings. The number of rotatable bonds is 5. The Morgan fingerprint density at radius 3 is 2.63 bits per heavy atom. The zero-order chi connectivity index (χ0) is 13.7. The van der Waals surface area contributed by atoms with Crippen molar-refractivity contribution in [2.24, 2.45) is 10.9 Å². The summed E-state index contributed by atoms with van der Waals surface area (Å²) in [7, 11) is 0. The molecule has 1 aliphatic rings. The molecule has 1 atom stereocenters. The lowest BCUT2D eigenvalue weighted by Gasteiger charge is -2.12. The maximum atomic E-state index is 4.57. The van der Waals surface area contributed by atoms with Gasteiger partial charge in [-0.05, 0) is 36.5 Å². The average molecular weight is 276 g/mol. The van der Waals surface area contributed by atoms with Gasteiger partial charge in [-0.25, -0.2) is 0 Å². The van der Waals surface area contributed by atoms with Gasteiger partial charge >= 0.3 is 0 Å². The Kier molecular flexibility index (Phi) is 5.32. The Hall–Kier alpha value is -0.960. The van der Waals surface area contributed by atoms with Crippen molar-refractivity contribution in [2.75, 3.05) is 11.9 Å². The summed E-state index contributed by atoms with van der Waals surface area (Å²) in [5, 5.41) is 5.12. The van der Waals surface area contributed by atoms with E-state index < -0.39 is 0 Å². The summed E-state index contributed by atoms with van der Waals surface area (Å²) in [5.74, 6) is 0.685. The van der Waals surface area contributed by atoms with Gasteiger partial charge in [0.15, 0.2) is 5.17 Å². The molecule has 2 nitrogen and oxygen atoms in total. The second-order valence-electron chi connectivity index (χ2n) is 5.47. The van der Waals surface area contributed by atoms with Gasteiger partial charge in [0, 0.05) is 10.9 Å². The molecule has 0 saturated carbocycles. The van der Waals surface area contributed by atoms with E-state index >= 15 is 0 Å². The second-order valence-corrected chi connectivity index (χ2v) is 6.70. The van der Waals surface area contributed by atoms with Crippen LogP contribution in [0, 0.1) is 5.92 Å². The molecule has 0 spiro atoms. The summed E-state index contributed by atoms with van der Waals surface area (Å²) < 4.78 is 0. The minimum Gasteiger partial charge on any atom is -0.335 e. The predicted molar refractivity (Wildman–Crippen MR) is 87.2 cm³/mol. The maximum Gasteiger partial charge on any atom is 0.161 e. The van der Waals surface area contributed by atoms with E-state index in [0.29, 0.717) is 11.2 Å². The van der Waals surface area contributed by atoms with Crippen LogP contribution >= 0.6 is 11.8 Å². The van der Waals surface area contributed by atoms with Crippen LogP contribution in [0.2, 0.25) is 0 Å². The van der Waals surface area contributed by atoms with E-state index in [4.69, 9.17) is 0 Å². The number of nitrogens with zero attached hydrogens (tertiary/aromatic N) is 1. The van der Waals surface area contributed by atoms with Crippen LogP contribution in [-0.2, 0) is 6.42 Å². The molecule has 0 saturated heterocycles. The molecule has 2 rings (SSSR count). The molecule has 1 unspecified atom stereocenters. The Bertz CT molecular complexity index is 423. The quantitative estimate of drug-likeness (QED) is 0.852. The summed E-state index contributed by atoms with van der Waals surface area (Å²) in [6.07, 6.45) is 3.71. The van der Waals surface area contributed by atoms with Gasteiger partial charge in [0.25, 0.3) is 0 Å². The maximum absolute atomic E-state index is 4.57. The van der Waals surface area contributed by atoms with Crippen molar-refractivity contribution < 1.29 is 0 Å². The number of aliphatic imine (C=N–C) groups is 1. The van der Waals surface area contributed by atoms with E-state index in [0.717, 1.165) is 17.4 Å². The van der Waals surface area contributed by atoms with Crippen LogP contribution in [-0.4, -0.2) is 17.0 Å². The molecular formula is C16H24N2S. The molecule has 0 radical (unpaired) electrons. The number of unbranched alkanes of at least 4 members (excludes halogenated alkanes) is 1. The smallest absolute Gasteiger partial charge is 0.161 e. The zero-order valence-electron chi connectivity index (χ0n) is 12.1. The summed E-state index contributed by atoms with van der Waals surface area (Å²) in [6.45, 7) is 7.70. The van der Waals surface area contributed by atoms with Gasteiger partial charge in [0.2, 0.25) is 0 Å². The fraction of sp³-hybridized carbons (Fsp3) is 0.562. The largest absolute Gasteiger partial charge is 0.335 e. The van der Waals surface area contributed by atoms with Crippen molar-refractivity contribution >= 4 is 22.6 Å². The molecule has 0 aromatic heterocycles. The predicted octanol–water partition coefficient (Wildman–Crippen LogP) is 4.57. The Morgan fingerprint density at radius 1 is 1.32 bits per heavy atom. The number of anilines is 1. The van der Waals surface area contributed by atoms with Crippen LogP contribution in [0.15, 0.2) is 29.3 Å². The van der Waals surface area contributed by atoms with Crippen molar-refractivity contribution in [2.45, 2.75) is 45.3 Å². The van der Waals surface area contributed by atoms with E-state index in [1.165, 1.54) is 24.8 Å². The molecule has 3 heteroatoms. The van der Waals surface area contributed by atoms with Gasteiger partial charge < -0.3 is 5.32 Å². The second kappa shape index (κ2) is 6.99. The van der Waals surface area contributed by atoms with Crippen molar-refractivity contribution in [1.29, 1.82) is 0 Å². The molecule has 0 bridgehead atoms. The first kappa shape index (κ1) is 14.4. The first-order valence-corrected chi connectivity index (χ1v) is 8.14. The number of nitrogens with one attached hydrogen (secondary N) is 1. The van der Waals surface area contributed by atoms with Crippen LogP contribution < -0.4 is 5.32 Å². The molecule has 0 amide bonds. The number of amidine groups is 1. The number of thioether (sulfide) groups is 1. The third-order valence-corrected chi connectivity index (χ3v) is 4.90. The normalized spacial score (nSPS) is 18.7. The summed E-state index contributed by atoms with van der Waals surface area (Å²) in [6, 6.07) is 8.77. The van der Waals surface area contributed by atoms with E-state index in [9.17, 15) is 0 Å². The minimum absolute atomic E-state index is 0.631. The molecule has 1 N–H and O–H groups in total. The van der Waals surface area contributed by atoms with Crippen molar-refractivity contribution in [1.82, 2.24) is 0 Å². The highest BCUT2D eigenvalue weighted by Gasteiger charge is 2.22. The Morgan fingerprint density at radius 2 is 2.05 bits per heavy atom. The summed E-state index contributed by atoms with van der Waals surface area (Å²) in [4.78, 5) is 4.57. The highest BCUT2D eigenvalue weighted by Crippen LogP contribution is 2.27. The van der Waals surface area contributed by atoms with Gasteiger partial charge in [-0.1, -0.05) is 51.1 Å². The molecule has 1 aromatic rings. The molecule has 0 aliphatic carbocycles. The molecular weight excluding hydrogens is 252 g/mol. The van der Waals surface area contributed by atoms with E-state index in [2.05, 4.69) is 55.3 Å². The van der Waals surface area contributed by atoms with Gasteiger partial charge in [0.1, 0.15) is 0 Å². The van der Waals surface area contributed by atoms with E-state index in [-0.39, 0.29) is 0 Å². The average Bonchev–Trinajstić information content (AvgIpc) is 2.87. The van der Waals surface area contributed by atoms with E-state index in [1.807, 2.05) is 11.8 Å². The van der Waals surface area contributed by atoms with Crippen LogP contribution in [0.3, 0.4) is 0 Å². The van der Waals surface area contributed by atoms with Crippen LogP contribution in [0.25, 0.3) is 0 Å². The van der Waals surface area contributed by atoms with Gasteiger partial charge in [0.05, 0.1) is 6.54 Å². The standard InChI is InChI=1S/C16H24N2S/c1-4-5-6-13-7-9-14(10-8-13)18-16-17-11-15(19-16)12(2)3/h7-10,12,15H,4-6,11H2,1-3H3,(H,17,18). The lowest BCUT2D eigenvalue weighted by molar-refractivity contribution is 0.621. The zero-order valence-corrected chi connectivity index (χ0v) is 13.0. The Labute approximate surface area is 121 Å². The van der Waals surface area contributed by atoms with Gasteiger partial charge in [-0.15, -0.1) is 0 Å². The first-order valence-electron chi connectivity index (χ1n) is 7.26. The topological polar surface area (TPSA) is 24.4 Å². The van der Waals surface area contributed by atoms with Crippen LogP contribution in [0.5, 0.6) is 0 Å². The fourth-order valence-corrected chi connectivity index (χ4v) is 3.10. The molecule has 19 heavy (non-hydrogen) atoms. The lowest BCUT2D eigenvalue weighted by Crippen LogP contribution is -2.13. The van der Waals surface area contributed by atoms with Crippen LogP contribution in [0.4, 0.5) is 5.69 Å². The number of aryl methyl sites for hydroxylation is 1. The van der Waals surface area contributed by atoms with Crippen molar-refractivity contribution in [3.05, 3.63) is 29.8 Å². The summed E-state index contributed by atoms with van der Waals surface area (Å²) in [5.41, 5.74) is 2.57. The van der Waals surface area contributed by atoms with Crippen molar-refractivity contribution in [3.63, 3.8) is 0 Å².